The van der Waals surface area contributed by atoms with Crippen LogP contribution in [-0.4, -0.2) is 42.4 Å². The highest BCUT2D eigenvalue weighted by Gasteiger charge is 2.26. The van der Waals surface area contributed by atoms with Gasteiger partial charge in [-0.05, 0) is 49.4 Å². The monoisotopic (exact) mass is 357 g/mol. The summed E-state index contributed by atoms with van der Waals surface area (Å²) in [6, 6.07) is 5.99. The molecule has 0 radical (unpaired) electrons. The maximum absolute atomic E-state index is 5.57. The third-order valence-corrected chi connectivity index (χ3v) is 5.20. The number of hydrogen-bond donors (Lipinski definition) is 1. The summed E-state index contributed by atoms with van der Waals surface area (Å²) < 4.78 is 11.1. The zero-order valence-corrected chi connectivity index (χ0v) is 16.4. The van der Waals surface area contributed by atoms with Crippen LogP contribution in [0.2, 0.25) is 0 Å². The number of ether oxygens (including phenoxy) is 2. The van der Waals surface area contributed by atoms with Crippen molar-refractivity contribution in [3.63, 3.8) is 0 Å². The number of nitrogens with zero attached hydrogens (tertiary/aromatic N) is 2. The molecule has 1 fully saturated rings. The van der Waals surface area contributed by atoms with Crippen molar-refractivity contribution in [1.29, 1.82) is 0 Å². The molecule has 0 aliphatic carbocycles. The Bertz CT molecular complexity index is 689. The van der Waals surface area contributed by atoms with E-state index in [2.05, 4.69) is 28.9 Å². The number of methoxy groups -OCH3 is 2. The molecule has 1 N–H and O–H groups in total. The fraction of sp³-hybridized carbons (Fsp3) is 0.571. The zero-order chi connectivity index (χ0) is 18.5. The van der Waals surface area contributed by atoms with Gasteiger partial charge in [0.1, 0.15) is 11.5 Å². The maximum atomic E-state index is 5.57. The number of hydrogen-bond acceptors (Lipinski definition) is 4. The van der Waals surface area contributed by atoms with E-state index in [9.17, 15) is 0 Å². The van der Waals surface area contributed by atoms with E-state index in [1.54, 1.807) is 14.2 Å². The number of H-pyrrole nitrogens is 1. The SMILES string of the molecule is COc1cccc(OC)c1CN1CCC[C@H](c2[nH]ncc2CC(C)C)C1. The largest absolute Gasteiger partial charge is 0.496 e. The van der Waals surface area contributed by atoms with Gasteiger partial charge < -0.3 is 9.47 Å². The Hall–Kier alpha value is -2.01. The van der Waals surface area contributed by atoms with Crippen molar-refractivity contribution < 1.29 is 9.47 Å². The van der Waals surface area contributed by atoms with Crippen LogP contribution in [0, 0.1) is 5.92 Å². The van der Waals surface area contributed by atoms with Gasteiger partial charge in [-0.1, -0.05) is 19.9 Å². The highest BCUT2D eigenvalue weighted by atomic mass is 16.5. The van der Waals surface area contributed by atoms with Gasteiger partial charge in [0.15, 0.2) is 0 Å². The van der Waals surface area contributed by atoms with Crippen LogP contribution in [0.1, 0.15) is 49.4 Å². The van der Waals surface area contributed by atoms with E-state index in [4.69, 9.17) is 9.47 Å². The van der Waals surface area contributed by atoms with Crippen LogP contribution < -0.4 is 9.47 Å². The van der Waals surface area contributed by atoms with E-state index in [0.29, 0.717) is 11.8 Å². The van der Waals surface area contributed by atoms with E-state index in [1.807, 2.05) is 24.4 Å². The van der Waals surface area contributed by atoms with Gasteiger partial charge in [-0.3, -0.25) is 10.00 Å². The van der Waals surface area contributed by atoms with Gasteiger partial charge in [-0.2, -0.15) is 5.10 Å². The lowest BCUT2D eigenvalue weighted by Crippen LogP contribution is -2.34. The minimum Gasteiger partial charge on any atom is -0.496 e. The number of nitrogens with one attached hydrogen (secondary N) is 1. The number of benzene rings is 1. The molecule has 0 saturated carbocycles. The molecule has 1 aromatic heterocycles. The lowest BCUT2D eigenvalue weighted by molar-refractivity contribution is 0.193. The minimum absolute atomic E-state index is 0.515. The van der Waals surface area contributed by atoms with Gasteiger partial charge in [0.25, 0.3) is 0 Å². The smallest absolute Gasteiger partial charge is 0.127 e. The molecule has 1 aliphatic rings. The molecular weight excluding hydrogens is 326 g/mol. The molecule has 5 heteroatoms. The predicted molar refractivity (Wildman–Crippen MR) is 104 cm³/mol. The molecule has 0 unspecified atom stereocenters. The standard InChI is InChI=1S/C21H31N3O2/c1-15(2)11-17-12-22-23-21(17)16-7-6-10-24(13-16)14-18-19(25-3)8-5-9-20(18)26-4/h5,8-9,12,15-16H,6-7,10-11,13-14H2,1-4H3,(H,22,23)/t16-/m0/s1. The first kappa shape index (κ1) is 18.8. The topological polar surface area (TPSA) is 50.4 Å². The Morgan fingerprint density at radius 1 is 1.23 bits per heavy atom. The first-order valence-electron chi connectivity index (χ1n) is 9.56. The fourth-order valence-corrected chi connectivity index (χ4v) is 4.02. The number of likely N-dealkylation sites (tertiary alicyclic amines) is 1. The Morgan fingerprint density at radius 3 is 2.62 bits per heavy atom. The summed E-state index contributed by atoms with van der Waals surface area (Å²) in [5.41, 5.74) is 3.84. The van der Waals surface area contributed by atoms with Crippen molar-refractivity contribution in [1.82, 2.24) is 15.1 Å². The number of rotatable bonds is 7. The van der Waals surface area contributed by atoms with Crippen LogP contribution in [0.3, 0.4) is 0 Å². The van der Waals surface area contributed by atoms with Crippen LogP contribution in [0.25, 0.3) is 0 Å². The van der Waals surface area contributed by atoms with Gasteiger partial charge in [0.2, 0.25) is 0 Å². The summed E-state index contributed by atoms with van der Waals surface area (Å²) in [5.74, 6) is 2.95. The molecule has 26 heavy (non-hydrogen) atoms. The van der Waals surface area contributed by atoms with E-state index in [1.165, 1.54) is 24.1 Å². The van der Waals surface area contributed by atoms with Crippen LogP contribution in [0.5, 0.6) is 11.5 Å². The summed E-state index contributed by atoms with van der Waals surface area (Å²) in [6.07, 6.45) is 5.51. The molecule has 3 rings (SSSR count). The second-order valence-corrected chi connectivity index (χ2v) is 7.62. The molecule has 142 valence electrons. The molecule has 0 bridgehead atoms. The van der Waals surface area contributed by atoms with Crippen LogP contribution in [-0.2, 0) is 13.0 Å². The van der Waals surface area contributed by atoms with Gasteiger partial charge in [0.05, 0.1) is 26.0 Å². The Balaban J connectivity index is 1.75. The summed E-state index contributed by atoms with van der Waals surface area (Å²) in [7, 11) is 3.44. The van der Waals surface area contributed by atoms with Crippen molar-refractivity contribution >= 4 is 0 Å². The molecule has 2 aromatic rings. The lowest BCUT2D eigenvalue weighted by Gasteiger charge is -2.33. The van der Waals surface area contributed by atoms with Gasteiger partial charge in [-0.15, -0.1) is 0 Å². The quantitative estimate of drug-likeness (QED) is 0.813. The zero-order valence-electron chi connectivity index (χ0n) is 16.4. The predicted octanol–water partition coefficient (Wildman–Crippen LogP) is 4.01. The van der Waals surface area contributed by atoms with E-state index < -0.39 is 0 Å². The molecule has 1 aromatic carbocycles. The highest BCUT2D eigenvalue weighted by Crippen LogP contribution is 2.33. The number of aromatic nitrogens is 2. The molecule has 0 spiro atoms. The first-order chi connectivity index (χ1) is 12.6. The van der Waals surface area contributed by atoms with Crippen molar-refractivity contribution in [2.45, 2.75) is 45.6 Å². The van der Waals surface area contributed by atoms with Gasteiger partial charge in [-0.25, -0.2) is 0 Å². The molecule has 1 aliphatic heterocycles. The summed E-state index contributed by atoms with van der Waals surface area (Å²) in [4.78, 5) is 2.51. The van der Waals surface area contributed by atoms with Crippen molar-refractivity contribution in [3.05, 3.63) is 41.2 Å². The Kier molecular flexibility index (Phi) is 6.20. The average Bonchev–Trinajstić information content (AvgIpc) is 3.09. The third kappa shape index (κ3) is 4.21. The van der Waals surface area contributed by atoms with Crippen LogP contribution in [0.4, 0.5) is 0 Å². The van der Waals surface area contributed by atoms with Crippen molar-refractivity contribution in [3.8, 4) is 11.5 Å². The van der Waals surface area contributed by atoms with Crippen molar-refractivity contribution in [2.24, 2.45) is 5.92 Å². The van der Waals surface area contributed by atoms with E-state index in [-0.39, 0.29) is 0 Å². The first-order valence-corrected chi connectivity index (χ1v) is 9.56. The molecule has 1 atom stereocenters. The third-order valence-electron chi connectivity index (χ3n) is 5.20. The maximum Gasteiger partial charge on any atom is 0.127 e. The summed E-state index contributed by atoms with van der Waals surface area (Å²) in [5, 5.41) is 7.61. The summed E-state index contributed by atoms with van der Waals surface area (Å²) in [6.45, 7) is 7.51. The Labute approximate surface area is 156 Å². The van der Waals surface area contributed by atoms with Crippen LogP contribution in [0.15, 0.2) is 24.4 Å². The Morgan fingerprint density at radius 2 is 1.96 bits per heavy atom. The minimum atomic E-state index is 0.515. The molecule has 2 heterocycles. The summed E-state index contributed by atoms with van der Waals surface area (Å²) >= 11 is 0. The molecular formula is C21H31N3O2. The second-order valence-electron chi connectivity index (χ2n) is 7.62. The fourth-order valence-electron chi connectivity index (χ4n) is 4.02. The normalized spacial score (nSPS) is 18.3. The number of aromatic amines is 1. The molecule has 0 amide bonds. The highest BCUT2D eigenvalue weighted by molar-refractivity contribution is 5.44. The molecule has 1 saturated heterocycles. The van der Waals surface area contributed by atoms with E-state index in [0.717, 1.165) is 43.1 Å². The lowest BCUT2D eigenvalue weighted by atomic mass is 9.90. The van der Waals surface area contributed by atoms with Crippen molar-refractivity contribution in [2.75, 3.05) is 27.3 Å². The van der Waals surface area contributed by atoms with Gasteiger partial charge >= 0.3 is 0 Å². The molecule has 5 nitrogen and oxygen atoms in total. The van der Waals surface area contributed by atoms with E-state index >= 15 is 0 Å². The van der Waals surface area contributed by atoms with Crippen LogP contribution >= 0.6 is 0 Å². The number of piperidine rings is 1. The van der Waals surface area contributed by atoms with Gasteiger partial charge in [0, 0.05) is 24.7 Å². The second kappa shape index (κ2) is 8.58. The average molecular weight is 357 g/mol.